The number of nitriles is 1. The van der Waals surface area contributed by atoms with Crippen LogP contribution in [-0.4, -0.2) is 24.0 Å². The summed E-state index contributed by atoms with van der Waals surface area (Å²) < 4.78 is 38.5. The second-order valence-corrected chi connectivity index (χ2v) is 4.85. The van der Waals surface area contributed by atoms with Crippen LogP contribution < -0.4 is 5.32 Å². The molecule has 0 unspecified atom stereocenters. The number of hydrogen-bond donors (Lipinski definition) is 1. The minimum Gasteiger partial charge on any atom is -0.325 e. The molecule has 0 spiro atoms. The van der Waals surface area contributed by atoms with Crippen LogP contribution in [0.3, 0.4) is 0 Å². The van der Waals surface area contributed by atoms with Crippen LogP contribution in [0.25, 0.3) is 0 Å². The molecule has 4 nitrogen and oxygen atoms in total. The first-order valence-electron chi connectivity index (χ1n) is 6.59. The highest BCUT2D eigenvalue weighted by Gasteiger charge is 2.34. The van der Waals surface area contributed by atoms with Gasteiger partial charge in [0.25, 0.3) is 0 Å². The minimum atomic E-state index is -4.63. The lowest BCUT2D eigenvalue weighted by Gasteiger charge is -2.27. The molecule has 21 heavy (non-hydrogen) atoms. The number of piperidine rings is 1. The van der Waals surface area contributed by atoms with Crippen molar-refractivity contribution in [1.29, 1.82) is 5.26 Å². The number of likely N-dealkylation sites (tertiary alicyclic amines) is 1. The molecule has 2 amide bonds. The molecule has 0 aromatic heterocycles. The van der Waals surface area contributed by atoms with Crippen molar-refractivity contribution in [3.63, 3.8) is 0 Å². The quantitative estimate of drug-likeness (QED) is 0.861. The standard InChI is InChI=1S/C14H14F3N3O/c15-14(16,17)12-8-11(5-4-10(12)9-18)19-13(21)20-6-2-1-3-7-20/h4-5,8H,1-3,6-7H2,(H,19,21). The first-order valence-corrected chi connectivity index (χ1v) is 6.59. The Morgan fingerprint density at radius 1 is 1.24 bits per heavy atom. The summed E-state index contributed by atoms with van der Waals surface area (Å²) in [5.41, 5.74) is -1.46. The SMILES string of the molecule is N#Cc1ccc(NC(=O)N2CCCCC2)cc1C(F)(F)F. The Hall–Kier alpha value is -2.23. The summed E-state index contributed by atoms with van der Waals surface area (Å²) in [5.74, 6) is 0. The molecule has 1 fully saturated rings. The van der Waals surface area contributed by atoms with E-state index in [0.717, 1.165) is 31.4 Å². The predicted molar refractivity (Wildman–Crippen MR) is 70.6 cm³/mol. The third kappa shape index (κ3) is 3.66. The van der Waals surface area contributed by atoms with Gasteiger partial charge in [-0.25, -0.2) is 4.79 Å². The van der Waals surface area contributed by atoms with Crippen LogP contribution in [0.4, 0.5) is 23.7 Å². The topological polar surface area (TPSA) is 56.1 Å². The van der Waals surface area contributed by atoms with Gasteiger partial charge in [-0.3, -0.25) is 0 Å². The Morgan fingerprint density at radius 2 is 1.90 bits per heavy atom. The Labute approximate surface area is 120 Å². The number of anilines is 1. The van der Waals surface area contributed by atoms with Crippen molar-refractivity contribution in [3.05, 3.63) is 29.3 Å². The van der Waals surface area contributed by atoms with Crippen LogP contribution in [0.15, 0.2) is 18.2 Å². The zero-order valence-electron chi connectivity index (χ0n) is 11.2. The van der Waals surface area contributed by atoms with Gasteiger partial charge in [0.2, 0.25) is 0 Å². The van der Waals surface area contributed by atoms with Gasteiger partial charge in [0.05, 0.1) is 17.2 Å². The monoisotopic (exact) mass is 297 g/mol. The molecule has 7 heteroatoms. The van der Waals surface area contributed by atoms with E-state index in [1.54, 1.807) is 4.90 Å². The molecule has 1 aromatic rings. The van der Waals surface area contributed by atoms with Crippen LogP contribution in [0.1, 0.15) is 30.4 Å². The number of benzene rings is 1. The Bertz CT molecular complexity index is 572. The Balaban J connectivity index is 2.17. The van der Waals surface area contributed by atoms with Gasteiger partial charge in [0.1, 0.15) is 0 Å². The summed E-state index contributed by atoms with van der Waals surface area (Å²) >= 11 is 0. The summed E-state index contributed by atoms with van der Waals surface area (Å²) in [4.78, 5) is 13.5. The highest BCUT2D eigenvalue weighted by molar-refractivity contribution is 5.89. The molecule has 112 valence electrons. The van der Waals surface area contributed by atoms with Gasteiger partial charge in [-0.05, 0) is 37.5 Å². The van der Waals surface area contributed by atoms with Gasteiger partial charge in [0, 0.05) is 18.8 Å². The van der Waals surface area contributed by atoms with Crippen LogP contribution in [-0.2, 0) is 6.18 Å². The largest absolute Gasteiger partial charge is 0.417 e. The number of carbonyl (C=O) groups is 1. The van der Waals surface area contributed by atoms with Crippen LogP contribution in [0, 0.1) is 11.3 Å². The molecule has 1 N–H and O–H groups in total. The summed E-state index contributed by atoms with van der Waals surface area (Å²) in [6.07, 6.45) is -1.78. The second kappa shape index (κ2) is 6.04. The zero-order chi connectivity index (χ0) is 15.5. The van der Waals surface area contributed by atoms with Gasteiger partial charge in [-0.2, -0.15) is 18.4 Å². The van der Waals surface area contributed by atoms with Crippen molar-refractivity contribution in [1.82, 2.24) is 4.90 Å². The average Bonchev–Trinajstić information content (AvgIpc) is 2.47. The van der Waals surface area contributed by atoms with E-state index in [9.17, 15) is 18.0 Å². The summed E-state index contributed by atoms with van der Waals surface area (Å²) in [6, 6.07) is 4.25. The van der Waals surface area contributed by atoms with E-state index < -0.39 is 23.3 Å². The molecule has 1 aliphatic rings. The van der Waals surface area contributed by atoms with Crippen molar-refractivity contribution in [2.75, 3.05) is 18.4 Å². The average molecular weight is 297 g/mol. The number of alkyl halides is 3. The molecule has 1 aromatic carbocycles. The van der Waals surface area contributed by atoms with Gasteiger partial charge in [-0.1, -0.05) is 0 Å². The molecule has 2 rings (SSSR count). The Kier molecular flexibility index (Phi) is 4.36. The van der Waals surface area contributed by atoms with Gasteiger partial charge in [0.15, 0.2) is 0 Å². The van der Waals surface area contributed by atoms with E-state index in [1.807, 2.05) is 0 Å². The number of amides is 2. The normalized spacial score (nSPS) is 15.4. The van der Waals surface area contributed by atoms with Crippen molar-refractivity contribution >= 4 is 11.7 Å². The molecular weight excluding hydrogens is 283 g/mol. The number of urea groups is 1. The number of rotatable bonds is 1. The fourth-order valence-electron chi connectivity index (χ4n) is 2.25. The molecular formula is C14H14F3N3O. The Morgan fingerprint density at radius 3 is 2.48 bits per heavy atom. The van der Waals surface area contributed by atoms with E-state index in [2.05, 4.69) is 5.32 Å². The van der Waals surface area contributed by atoms with Gasteiger partial charge in [-0.15, -0.1) is 0 Å². The van der Waals surface area contributed by atoms with Crippen molar-refractivity contribution in [3.8, 4) is 6.07 Å². The van der Waals surface area contributed by atoms with E-state index in [1.165, 1.54) is 12.1 Å². The zero-order valence-corrected chi connectivity index (χ0v) is 11.2. The maximum Gasteiger partial charge on any atom is 0.417 e. The molecule has 0 bridgehead atoms. The maximum absolute atomic E-state index is 12.8. The van der Waals surface area contributed by atoms with Gasteiger partial charge < -0.3 is 10.2 Å². The molecule has 0 saturated carbocycles. The lowest BCUT2D eigenvalue weighted by atomic mass is 10.1. The van der Waals surface area contributed by atoms with E-state index in [4.69, 9.17) is 5.26 Å². The van der Waals surface area contributed by atoms with Crippen molar-refractivity contribution in [2.45, 2.75) is 25.4 Å². The molecule has 1 aliphatic heterocycles. The molecule has 1 saturated heterocycles. The van der Waals surface area contributed by atoms with Crippen molar-refractivity contribution in [2.24, 2.45) is 0 Å². The predicted octanol–water partition coefficient (Wildman–Crippen LogP) is 3.59. The third-order valence-corrected chi connectivity index (χ3v) is 3.34. The highest BCUT2D eigenvalue weighted by atomic mass is 19.4. The van der Waals surface area contributed by atoms with Crippen LogP contribution >= 0.6 is 0 Å². The maximum atomic E-state index is 12.8. The van der Waals surface area contributed by atoms with Crippen LogP contribution in [0.2, 0.25) is 0 Å². The molecule has 0 aliphatic carbocycles. The lowest BCUT2D eigenvalue weighted by Crippen LogP contribution is -2.38. The van der Waals surface area contributed by atoms with E-state index in [0.29, 0.717) is 13.1 Å². The first kappa shape index (κ1) is 15.2. The number of carbonyl (C=O) groups excluding carboxylic acids is 1. The highest BCUT2D eigenvalue weighted by Crippen LogP contribution is 2.33. The van der Waals surface area contributed by atoms with Crippen LogP contribution in [0.5, 0.6) is 0 Å². The fourth-order valence-corrected chi connectivity index (χ4v) is 2.25. The lowest BCUT2D eigenvalue weighted by molar-refractivity contribution is -0.137. The fraction of sp³-hybridized carbons (Fsp3) is 0.429. The second-order valence-electron chi connectivity index (χ2n) is 4.85. The molecule has 0 atom stereocenters. The molecule has 1 heterocycles. The first-order chi connectivity index (χ1) is 9.91. The van der Waals surface area contributed by atoms with Gasteiger partial charge >= 0.3 is 12.2 Å². The minimum absolute atomic E-state index is 0.0388. The smallest absolute Gasteiger partial charge is 0.325 e. The number of nitrogens with one attached hydrogen (secondary N) is 1. The van der Waals surface area contributed by atoms with E-state index in [-0.39, 0.29) is 5.69 Å². The number of hydrogen-bond acceptors (Lipinski definition) is 2. The number of halogens is 3. The molecule has 0 radical (unpaired) electrons. The third-order valence-electron chi connectivity index (χ3n) is 3.34. The summed E-state index contributed by atoms with van der Waals surface area (Å²) in [5, 5.41) is 11.2. The van der Waals surface area contributed by atoms with E-state index >= 15 is 0 Å². The number of nitrogens with zero attached hydrogens (tertiary/aromatic N) is 2. The summed E-state index contributed by atoms with van der Waals surface area (Å²) in [6.45, 7) is 1.21. The van der Waals surface area contributed by atoms with Crippen molar-refractivity contribution < 1.29 is 18.0 Å². The summed E-state index contributed by atoms with van der Waals surface area (Å²) in [7, 11) is 0.